The van der Waals surface area contributed by atoms with Crippen LogP contribution in [0.1, 0.15) is 5.56 Å². The van der Waals surface area contributed by atoms with Crippen LogP contribution in [0.25, 0.3) is 0 Å². The molecule has 0 spiro atoms. The van der Waals surface area contributed by atoms with Crippen molar-refractivity contribution >= 4 is 11.6 Å². The fourth-order valence-electron chi connectivity index (χ4n) is 0.466. The molecule has 0 saturated carbocycles. The Morgan fingerprint density at radius 1 is 1.71 bits per heavy atom. The predicted octanol–water partition coefficient (Wildman–Crippen LogP) is 1.98. The molecule has 0 atom stereocenters. The van der Waals surface area contributed by atoms with Gasteiger partial charge in [-0.15, -0.1) is 0 Å². The van der Waals surface area contributed by atoms with Gasteiger partial charge in [-0.25, -0.2) is 0 Å². The molecule has 0 aliphatic heterocycles. The van der Waals surface area contributed by atoms with Crippen LogP contribution in [0.4, 0.5) is 0 Å². The fourth-order valence-corrected chi connectivity index (χ4v) is 0.693. The highest BCUT2D eigenvalue weighted by Gasteiger charge is 1.85. The summed E-state index contributed by atoms with van der Waals surface area (Å²) >= 11 is 5.50. The number of rotatable bonds is 0. The fraction of sp³-hybridized carbons (Fsp3) is 0.200. The molecule has 1 aromatic rings. The Labute approximate surface area is 47.3 Å². The average molecular weight is 116 g/mol. The predicted molar refractivity (Wildman–Crippen MR) is 30.5 cm³/mol. The highest BCUT2D eigenvalue weighted by molar-refractivity contribution is 6.29. The van der Waals surface area contributed by atoms with E-state index in [2.05, 4.69) is 4.98 Å². The molecule has 0 aliphatic rings. The van der Waals surface area contributed by atoms with Crippen LogP contribution in [0.5, 0.6) is 0 Å². The second-order valence-corrected chi connectivity index (χ2v) is 1.93. The van der Waals surface area contributed by atoms with Crippen molar-refractivity contribution in [3.63, 3.8) is 0 Å². The zero-order valence-corrected chi connectivity index (χ0v) is 4.79. The number of aromatic amines is 1. The van der Waals surface area contributed by atoms with Crippen LogP contribution in [-0.4, -0.2) is 4.98 Å². The maximum absolute atomic E-state index is 5.50. The van der Waals surface area contributed by atoms with E-state index in [9.17, 15) is 0 Å². The highest BCUT2D eigenvalue weighted by Crippen LogP contribution is 2.05. The van der Waals surface area contributed by atoms with Crippen molar-refractivity contribution in [1.82, 2.24) is 4.98 Å². The van der Waals surface area contributed by atoms with Crippen molar-refractivity contribution in [1.29, 1.82) is 0 Å². The third-order valence-corrected chi connectivity index (χ3v) is 1.01. The number of hydrogen-bond donors (Lipinski definition) is 1. The molecule has 1 N–H and O–H groups in total. The molecule has 1 heterocycles. The Morgan fingerprint density at radius 3 is 2.57 bits per heavy atom. The molecule has 2 heteroatoms. The third-order valence-electron chi connectivity index (χ3n) is 0.792. The molecule has 1 rings (SSSR count). The summed E-state index contributed by atoms with van der Waals surface area (Å²) in [6.07, 6.45) is 1.86. The van der Waals surface area contributed by atoms with Crippen molar-refractivity contribution in [3.05, 3.63) is 23.0 Å². The Kier molecular flexibility index (Phi) is 1.07. The number of nitrogens with one attached hydrogen (secondary N) is 1. The molecule has 1 aromatic heterocycles. The van der Waals surface area contributed by atoms with E-state index in [0.717, 1.165) is 0 Å². The van der Waals surface area contributed by atoms with E-state index in [-0.39, 0.29) is 0 Å². The van der Waals surface area contributed by atoms with E-state index in [1.807, 2.05) is 19.2 Å². The molecule has 1 nitrogen and oxygen atoms in total. The van der Waals surface area contributed by atoms with Crippen LogP contribution < -0.4 is 0 Å². The number of hydrogen-bond acceptors (Lipinski definition) is 0. The molecule has 0 aromatic carbocycles. The summed E-state index contributed by atoms with van der Waals surface area (Å²) in [6, 6.07) is 1.88. The van der Waals surface area contributed by atoms with Crippen LogP contribution in [-0.2, 0) is 0 Å². The zero-order chi connectivity index (χ0) is 5.28. The molecule has 0 aliphatic carbocycles. The van der Waals surface area contributed by atoms with Gasteiger partial charge < -0.3 is 4.98 Å². The molecule has 0 radical (unpaired) electrons. The smallest absolute Gasteiger partial charge is 0.106 e. The molecular weight excluding hydrogens is 110 g/mol. The SMILES string of the molecule is Cc1c[nH]c(Cl)c1. The highest BCUT2D eigenvalue weighted by atomic mass is 35.5. The summed E-state index contributed by atoms with van der Waals surface area (Å²) in [5.74, 6) is 0. The van der Waals surface area contributed by atoms with Gasteiger partial charge in [-0.2, -0.15) is 0 Å². The second kappa shape index (κ2) is 1.58. The van der Waals surface area contributed by atoms with Crippen LogP contribution in [0.3, 0.4) is 0 Å². The summed E-state index contributed by atoms with van der Waals surface area (Å²) in [6.45, 7) is 1.99. The quantitative estimate of drug-likeness (QED) is 0.532. The molecular formula is C5H6ClN. The minimum atomic E-state index is 0.706. The number of halogens is 1. The van der Waals surface area contributed by atoms with Gasteiger partial charge in [-0.1, -0.05) is 11.6 Å². The summed E-state index contributed by atoms with van der Waals surface area (Å²) in [4.78, 5) is 2.83. The van der Waals surface area contributed by atoms with E-state index in [0.29, 0.717) is 5.15 Å². The Balaban J connectivity index is 3.04. The van der Waals surface area contributed by atoms with Crippen molar-refractivity contribution < 1.29 is 0 Å². The summed E-state index contributed by atoms with van der Waals surface area (Å²) in [7, 11) is 0. The lowest BCUT2D eigenvalue weighted by atomic mass is 10.4. The van der Waals surface area contributed by atoms with Gasteiger partial charge in [0, 0.05) is 6.20 Å². The Morgan fingerprint density at radius 2 is 2.43 bits per heavy atom. The average Bonchev–Trinajstić information content (AvgIpc) is 1.87. The first-order valence-electron chi connectivity index (χ1n) is 2.09. The molecule has 0 amide bonds. The minimum absolute atomic E-state index is 0.706. The van der Waals surface area contributed by atoms with E-state index in [1.54, 1.807) is 0 Å². The van der Waals surface area contributed by atoms with E-state index in [1.165, 1.54) is 5.56 Å². The first kappa shape index (κ1) is 4.72. The maximum atomic E-state index is 5.50. The first-order chi connectivity index (χ1) is 3.29. The lowest BCUT2D eigenvalue weighted by Gasteiger charge is -1.68. The van der Waals surface area contributed by atoms with E-state index >= 15 is 0 Å². The van der Waals surface area contributed by atoms with Gasteiger partial charge in [-0.3, -0.25) is 0 Å². The monoisotopic (exact) mass is 115 g/mol. The Bertz CT molecular complexity index is 140. The maximum Gasteiger partial charge on any atom is 0.106 e. The van der Waals surface area contributed by atoms with Crippen LogP contribution in [0.2, 0.25) is 5.15 Å². The second-order valence-electron chi connectivity index (χ2n) is 1.52. The lowest BCUT2D eigenvalue weighted by Crippen LogP contribution is -1.51. The van der Waals surface area contributed by atoms with Gasteiger partial charge in [0.05, 0.1) is 0 Å². The molecule has 0 bridgehead atoms. The van der Waals surface area contributed by atoms with E-state index < -0.39 is 0 Å². The van der Waals surface area contributed by atoms with Crippen molar-refractivity contribution in [3.8, 4) is 0 Å². The van der Waals surface area contributed by atoms with Gasteiger partial charge in [0.1, 0.15) is 5.15 Å². The van der Waals surface area contributed by atoms with Gasteiger partial charge in [0.15, 0.2) is 0 Å². The van der Waals surface area contributed by atoms with Gasteiger partial charge in [0.25, 0.3) is 0 Å². The third kappa shape index (κ3) is 0.967. The molecule has 7 heavy (non-hydrogen) atoms. The number of H-pyrrole nitrogens is 1. The van der Waals surface area contributed by atoms with Crippen LogP contribution in [0, 0.1) is 6.92 Å². The molecule has 0 saturated heterocycles. The summed E-state index contributed by atoms with van der Waals surface area (Å²) < 4.78 is 0. The van der Waals surface area contributed by atoms with Crippen molar-refractivity contribution in [2.45, 2.75) is 6.92 Å². The Hall–Kier alpha value is -0.430. The lowest BCUT2D eigenvalue weighted by molar-refractivity contribution is 1.39. The number of aryl methyl sites for hydroxylation is 1. The summed E-state index contributed by atoms with van der Waals surface area (Å²) in [5.41, 5.74) is 1.17. The van der Waals surface area contributed by atoms with Gasteiger partial charge in [0.2, 0.25) is 0 Å². The largest absolute Gasteiger partial charge is 0.352 e. The standard InChI is InChI=1S/C5H6ClN/c1-4-2-5(6)7-3-4/h2-3,7H,1H3. The van der Waals surface area contributed by atoms with E-state index in [4.69, 9.17) is 11.6 Å². The van der Waals surface area contributed by atoms with Crippen LogP contribution in [0.15, 0.2) is 12.3 Å². The minimum Gasteiger partial charge on any atom is -0.352 e. The van der Waals surface area contributed by atoms with Crippen LogP contribution >= 0.6 is 11.6 Å². The summed E-state index contributed by atoms with van der Waals surface area (Å²) in [5, 5.41) is 0.706. The normalized spacial score (nSPS) is 9.43. The molecule has 38 valence electrons. The molecule has 0 unspecified atom stereocenters. The van der Waals surface area contributed by atoms with Crippen molar-refractivity contribution in [2.24, 2.45) is 0 Å². The number of aromatic nitrogens is 1. The topological polar surface area (TPSA) is 15.8 Å². The van der Waals surface area contributed by atoms with Gasteiger partial charge in [-0.05, 0) is 18.6 Å². The first-order valence-corrected chi connectivity index (χ1v) is 2.47. The van der Waals surface area contributed by atoms with Crippen molar-refractivity contribution in [2.75, 3.05) is 0 Å². The van der Waals surface area contributed by atoms with Gasteiger partial charge >= 0.3 is 0 Å². The molecule has 0 fully saturated rings. The zero-order valence-electron chi connectivity index (χ0n) is 4.03.